The standard InChI is InChI=1S/C12H13N3S2/c1-8-6-17-7-9(8)5-15-12-10(11(13)16)3-2-4-14-12/h2-4,6-7H,5H2,1H3,(H2,13,16)(H,14,15). The molecule has 0 spiro atoms. The minimum atomic E-state index is 0.364. The number of pyridine rings is 1. The predicted molar refractivity (Wildman–Crippen MR) is 76.5 cm³/mol. The van der Waals surface area contributed by atoms with Gasteiger partial charge in [-0.1, -0.05) is 12.2 Å². The van der Waals surface area contributed by atoms with Crippen LogP contribution in [0.4, 0.5) is 5.82 Å². The highest BCUT2D eigenvalue weighted by molar-refractivity contribution is 7.80. The van der Waals surface area contributed by atoms with Gasteiger partial charge in [-0.25, -0.2) is 4.98 Å². The molecular weight excluding hydrogens is 250 g/mol. The molecule has 2 aromatic heterocycles. The van der Waals surface area contributed by atoms with Crippen molar-refractivity contribution in [1.82, 2.24) is 4.98 Å². The number of nitrogens with one attached hydrogen (secondary N) is 1. The van der Waals surface area contributed by atoms with Crippen LogP contribution in [0.5, 0.6) is 0 Å². The van der Waals surface area contributed by atoms with Gasteiger partial charge in [0.1, 0.15) is 10.8 Å². The first kappa shape index (κ1) is 12.0. The molecule has 3 N–H and O–H groups in total. The topological polar surface area (TPSA) is 50.9 Å². The first-order valence-electron chi connectivity index (χ1n) is 5.19. The lowest BCUT2D eigenvalue weighted by atomic mass is 10.2. The lowest BCUT2D eigenvalue weighted by Gasteiger charge is -2.09. The molecule has 0 aliphatic carbocycles. The van der Waals surface area contributed by atoms with Crippen LogP contribution in [0.3, 0.4) is 0 Å². The van der Waals surface area contributed by atoms with Crippen molar-refractivity contribution < 1.29 is 0 Å². The zero-order valence-corrected chi connectivity index (χ0v) is 11.1. The third-order valence-electron chi connectivity index (χ3n) is 2.48. The van der Waals surface area contributed by atoms with Crippen molar-refractivity contribution in [3.8, 4) is 0 Å². The van der Waals surface area contributed by atoms with Gasteiger partial charge in [0.2, 0.25) is 0 Å². The highest BCUT2D eigenvalue weighted by Crippen LogP contribution is 2.17. The van der Waals surface area contributed by atoms with Gasteiger partial charge in [-0.15, -0.1) is 0 Å². The fourth-order valence-corrected chi connectivity index (χ4v) is 2.51. The van der Waals surface area contributed by atoms with Gasteiger partial charge in [0.05, 0.1) is 5.56 Å². The predicted octanol–water partition coefficient (Wildman–Crippen LogP) is 2.70. The second-order valence-corrected chi connectivity index (χ2v) is 4.88. The second kappa shape index (κ2) is 5.25. The van der Waals surface area contributed by atoms with E-state index in [1.807, 2.05) is 12.1 Å². The van der Waals surface area contributed by atoms with Crippen LogP contribution in [0.2, 0.25) is 0 Å². The number of nitrogens with zero attached hydrogens (tertiary/aromatic N) is 1. The molecular formula is C12H13N3S2. The number of thiophene rings is 1. The number of aryl methyl sites for hydroxylation is 1. The molecule has 2 heterocycles. The molecule has 5 heteroatoms. The molecule has 0 aliphatic heterocycles. The van der Waals surface area contributed by atoms with Crippen molar-refractivity contribution >= 4 is 34.4 Å². The lowest BCUT2D eigenvalue weighted by molar-refractivity contribution is 1.10. The summed E-state index contributed by atoms with van der Waals surface area (Å²) in [6.07, 6.45) is 1.73. The molecule has 0 saturated carbocycles. The molecule has 0 unspecified atom stereocenters. The summed E-state index contributed by atoms with van der Waals surface area (Å²) in [5, 5.41) is 7.53. The van der Waals surface area contributed by atoms with Gasteiger partial charge in [-0.3, -0.25) is 0 Å². The molecule has 17 heavy (non-hydrogen) atoms. The van der Waals surface area contributed by atoms with Gasteiger partial charge in [-0.05, 0) is 40.9 Å². The lowest BCUT2D eigenvalue weighted by Crippen LogP contribution is -2.14. The van der Waals surface area contributed by atoms with Crippen LogP contribution in [0.25, 0.3) is 0 Å². The SMILES string of the molecule is Cc1cscc1CNc1ncccc1C(N)=S. The van der Waals surface area contributed by atoms with E-state index >= 15 is 0 Å². The van der Waals surface area contributed by atoms with Gasteiger partial charge < -0.3 is 11.1 Å². The molecule has 2 aromatic rings. The third-order valence-corrected chi connectivity index (χ3v) is 3.61. The molecule has 0 radical (unpaired) electrons. The monoisotopic (exact) mass is 263 g/mol. The fourth-order valence-electron chi connectivity index (χ4n) is 1.49. The summed E-state index contributed by atoms with van der Waals surface area (Å²) in [4.78, 5) is 4.62. The Morgan fingerprint density at radius 1 is 1.53 bits per heavy atom. The highest BCUT2D eigenvalue weighted by atomic mass is 32.1. The smallest absolute Gasteiger partial charge is 0.136 e. The van der Waals surface area contributed by atoms with Crippen LogP contribution < -0.4 is 11.1 Å². The molecule has 2 rings (SSSR count). The zero-order chi connectivity index (χ0) is 12.3. The van der Waals surface area contributed by atoms with Gasteiger partial charge >= 0.3 is 0 Å². The van der Waals surface area contributed by atoms with Crippen molar-refractivity contribution in [2.24, 2.45) is 5.73 Å². The summed E-state index contributed by atoms with van der Waals surface area (Å²) < 4.78 is 0. The Morgan fingerprint density at radius 3 is 3.00 bits per heavy atom. The van der Waals surface area contributed by atoms with E-state index in [1.54, 1.807) is 17.5 Å². The molecule has 0 aliphatic rings. The van der Waals surface area contributed by atoms with Crippen LogP contribution in [0.15, 0.2) is 29.1 Å². The normalized spacial score (nSPS) is 10.2. The zero-order valence-electron chi connectivity index (χ0n) is 9.43. The maximum absolute atomic E-state index is 5.65. The van der Waals surface area contributed by atoms with Crippen LogP contribution in [0.1, 0.15) is 16.7 Å². The Balaban J connectivity index is 2.14. The number of anilines is 1. The number of rotatable bonds is 4. The van der Waals surface area contributed by atoms with Crippen molar-refractivity contribution in [2.45, 2.75) is 13.5 Å². The van der Waals surface area contributed by atoms with Crippen LogP contribution >= 0.6 is 23.6 Å². The number of nitrogens with two attached hydrogens (primary N) is 1. The summed E-state index contributed by atoms with van der Waals surface area (Å²) in [7, 11) is 0. The molecule has 0 aromatic carbocycles. The largest absolute Gasteiger partial charge is 0.389 e. The van der Waals surface area contributed by atoms with E-state index in [0.29, 0.717) is 4.99 Å². The quantitative estimate of drug-likeness (QED) is 0.833. The Morgan fingerprint density at radius 2 is 2.35 bits per heavy atom. The van der Waals surface area contributed by atoms with Gasteiger partial charge in [0.15, 0.2) is 0 Å². The van der Waals surface area contributed by atoms with Crippen molar-refractivity contribution in [3.05, 3.63) is 45.8 Å². The van der Waals surface area contributed by atoms with E-state index in [-0.39, 0.29) is 0 Å². The summed E-state index contributed by atoms with van der Waals surface area (Å²) in [5.74, 6) is 0.741. The van der Waals surface area contributed by atoms with E-state index in [0.717, 1.165) is 17.9 Å². The Bertz CT molecular complexity index is 534. The van der Waals surface area contributed by atoms with Gasteiger partial charge in [0.25, 0.3) is 0 Å². The Kier molecular flexibility index (Phi) is 3.71. The van der Waals surface area contributed by atoms with Crippen molar-refractivity contribution in [3.63, 3.8) is 0 Å². The number of aromatic nitrogens is 1. The number of hydrogen-bond donors (Lipinski definition) is 2. The maximum atomic E-state index is 5.65. The van der Waals surface area contributed by atoms with Crippen LogP contribution in [-0.4, -0.2) is 9.97 Å². The van der Waals surface area contributed by atoms with Gasteiger partial charge in [0, 0.05) is 12.7 Å². The molecule has 0 amide bonds. The summed E-state index contributed by atoms with van der Waals surface area (Å²) in [5.41, 5.74) is 8.99. The number of hydrogen-bond acceptors (Lipinski definition) is 4. The molecule has 0 bridgehead atoms. The van der Waals surface area contributed by atoms with E-state index in [2.05, 4.69) is 28.0 Å². The fraction of sp³-hybridized carbons (Fsp3) is 0.167. The molecule has 0 fully saturated rings. The number of thiocarbonyl (C=S) groups is 1. The summed E-state index contributed by atoms with van der Waals surface area (Å²) in [6.45, 7) is 2.84. The average Bonchev–Trinajstić information content (AvgIpc) is 2.72. The van der Waals surface area contributed by atoms with Crippen molar-refractivity contribution in [2.75, 3.05) is 5.32 Å². The van der Waals surface area contributed by atoms with E-state index < -0.39 is 0 Å². The Hall–Kier alpha value is -1.46. The van der Waals surface area contributed by atoms with E-state index in [4.69, 9.17) is 18.0 Å². The second-order valence-electron chi connectivity index (χ2n) is 3.70. The van der Waals surface area contributed by atoms with E-state index in [9.17, 15) is 0 Å². The minimum Gasteiger partial charge on any atom is -0.389 e. The average molecular weight is 263 g/mol. The molecule has 3 nitrogen and oxygen atoms in total. The molecule has 0 saturated heterocycles. The summed E-state index contributed by atoms with van der Waals surface area (Å²) >= 11 is 6.69. The third kappa shape index (κ3) is 2.81. The minimum absolute atomic E-state index is 0.364. The van der Waals surface area contributed by atoms with Crippen LogP contribution in [-0.2, 0) is 6.54 Å². The first-order valence-corrected chi connectivity index (χ1v) is 6.54. The van der Waals surface area contributed by atoms with E-state index in [1.165, 1.54) is 11.1 Å². The van der Waals surface area contributed by atoms with Crippen LogP contribution in [0, 0.1) is 6.92 Å². The first-order chi connectivity index (χ1) is 8.18. The maximum Gasteiger partial charge on any atom is 0.136 e. The summed E-state index contributed by atoms with van der Waals surface area (Å²) in [6, 6.07) is 3.70. The van der Waals surface area contributed by atoms with Crippen molar-refractivity contribution in [1.29, 1.82) is 0 Å². The molecule has 88 valence electrons. The Labute approximate surface area is 110 Å². The van der Waals surface area contributed by atoms with Gasteiger partial charge in [-0.2, -0.15) is 11.3 Å². The molecule has 0 atom stereocenters. The highest BCUT2D eigenvalue weighted by Gasteiger charge is 2.06.